The SMILES string of the molecule is NNc1cccc(C(=O)N(CCO)C2CCCCC2)n1. The van der Waals surface area contributed by atoms with Crippen LogP contribution < -0.4 is 11.3 Å². The summed E-state index contributed by atoms with van der Waals surface area (Å²) in [6.45, 7) is 0.322. The summed E-state index contributed by atoms with van der Waals surface area (Å²) in [7, 11) is 0. The first-order chi connectivity index (χ1) is 9.76. The first-order valence-corrected chi connectivity index (χ1v) is 7.11. The number of nitrogen functional groups attached to an aromatic ring is 1. The first-order valence-electron chi connectivity index (χ1n) is 7.11. The number of rotatable bonds is 5. The highest BCUT2D eigenvalue weighted by molar-refractivity contribution is 5.92. The third-order valence-corrected chi connectivity index (χ3v) is 3.73. The van der Waals surface area contributed by atoms with Crippen molar-refractivity contribution in [3.8, 4) is 0 Å². The molecule has 1 aliphatic rings. The van der Waals surface area contributed by atoms with Gasteiger partial charge in [0.15, 0.2) is 0 Å². The first kappa shape index (κ1) is 14.7. The fourth-order valence-electron chi connectivity index (χ4n) is 2.73. The highest BCUT2D eigenvalue weighted by Gasteiger charge is 2.26. The van der Waals surface area contributed by atoms with Gasteiger partial charge in [0.05, 0.1) is 6.61 Å². The van der Waals surface area contributed by atoms with Crippen LogP contribution in [0.4, 0.5) is 5.82 Å². The zero-order chi connectivity index (χ0) is 14.4. The molecule has 1 aliphatic carbocycles. The molecule has 1 aromatic heterocycles. The fourth-order valence-corrected chi connectivity index (χ4v) is 2.73. The van der Waals surface area contributed by atoms with Gasteiger partial charge in [-0.1, -0.05) is 25.3 Å². The van der Waals surface area contributed by atoms with Gasteiger partial charge in [-0.15, -0.1) is 0 Å². The van der Waals surface area contributed by atoms with Crippen LogP contribution in [0, 0.1) is 0 Å². The molecule has 20 heavy (non-hydrogen) atoms. The summed E-state index contributed by atoms with van der Waals surface area (Å²) in [6, 6.07) is 5.33. The molecule has 0 aromatic carbocycles. The molecule has 1 amide bonds. The number of aliphatic hydroxyl groups is 1. The fraction of sp³-hybridized carbons (Fsp3) is 0.571. The number of carbonyl (C=O) groups excluding carboxylic acids is 1. The summed E-state index contributed by atoms with van der Waals surface area (Å²) in [5.74, 6) is 5.64. The predicted molar refractivity (Wildman–Crippen MR) is 77.0 cm³/mol. The van der Waals surface area contributed by atoms with Gasteiger partial charge in [-0.05, 0) is 25.0 Å². The van der Waals surface area contributed by atoms with Gasteiger partial charge in [0.25, 0.3) is 5.91 Å². The maximum Gasteiger partial charge on any atom is 0.272 e. The van der Waals surface area contributed by atoms with Crippen molar-refractivity contribution in [2.75, 3.05) is 18.6 Å². The van der Waals surface area contributed by atoms with E-state index < -0.39 is 0 Å². The second-order valence-electron chi connectivity index (χ2n) is 5.07. The van der Waals surface area contributed by atoms with E-state index in [1.165, 1.54) is 6.42 Å². The molecule has 0 saturated heterocycles. The van der Waals surface area contributed by atoms with Crippen molar-refractivity contribution in [2.24, 2.45) is 5.84 Å². The van der Waals surface area contributed by atoms with Gasteiger partial charge in [-0.2, -0.15) is 0 Å². The molecule has 1 saturated carbocycles. The minimum Gasteiger partial charge on any atom is -0.395 e. The molecule has 1 aromatic rings. The van der Waals surface area contributed by atoms with Crippen molar-refractivity contribution in [3.05, 3.63) is 23.9 Å². The zero-order valence-electron chi connectivity index (χ0n) is 11.6. The van der Waals surface area contributed by atoms with Crippen LogP contribution in [0.3, 0.4) is 0 Å². The molecular weight excluding hydrogens is 256 g/mol. The van der Waals surface area contributed by atoms with Crippen molar-refractivity contribution in [1.29, 1.82) is 0 Å². The van der Waals surface area contributed by atoms with Crippen molar-refractivity contribution in [2.45, 2.75) is 38.1 Å². The number of nitrogens with zero attached hydrogens (tertiary/aromatic N) is 2. The van der Waals surface area contributed by atoms with Crippen molar-refractivity contribution >= 4 is 11.7 Å². The highest BCUT2D eigenvalue weighted by Crippen LogP contribution is 2.23. The lowest BCUT2D eigenvalue weighted by atomic mass is 9.94. The standard InChI is InChI=1S/C14H22N4O2/c15-17-13-8-4-7-12(16-13)14(20)18(9-10-19)11-5-2-1-3-6-11/h4,7-8,11,19H,1-3,5-6,9-10,15H2,(H,16,17). The van der Waals surface area contributed by atoms with Crippen LogP contribution >= 0.6 is 0 Å². The molecule has 0 spiro atoms. The summed E-state index contributed by atoms with van der Waals surface area (Å²) >= 11 is 0. The predicted octanol–water partition coefficient (Wildman–Crippen LogP) is 1.13. The molecule has 0 radical (unpaired) electrons. The Hall–Kier alpha value is -1.66. The lowest BCUT2D eigenvalue weighted by molar-refractivity contribution is 0.0579. The number of amides is 1. The Morgan fingerprint density at radius 3 is 2.80 bits per heavy atom. The van der Waals surface area contributed by atoms with Gasteiger partial charge in [0.2, 0.25) is 0 Å². The van der Waals surface area contributed by atoms with Gasteiger partial charge >= 0.3 is 0 Å². The number of aliphatic hydroxyl groups excluding tert-OH is 1. The average molecular weight is 278 g/mol. The average Bonchev–Trinajstić information content (AvgIpc) is 2.53. The lowest BCUT2D eigenvalue weighted by Crippen LogP contribution is -2.43. The van der Waals surface area contributed by atoms with Crippen LogP contribution in [0.5, 0.6) is 0 Å². The van der Waals surface area contributed by atoms with Crippen molar-refractivity contribution in [3.63, 3.8) is 0 Å². The van der Waals surface area contributed by atoms with Gasteiger partial charge in [-0.25, -0.2) is 10.8 Å². The topological polar surface area (TPSA) is 91.5 Å². The Labute approximate surface area is 119 Å². The summed E-state index contributed by atoms with van der Waals surface area (Å²) < 4.78 is 0. The van der Waals surface area contributed by atoms with Gasteiger partial charge in [0, 0.05) is 12.6 Å². The van der Waals surface area contributed by atoms with Crippen LogP contribution in [0.25, 0.3) is 0 Å². The number of carbonyl (C=O) groups is 1. The Bertz CT molecular complexity index is 447. The van der Waals surface area contributed by atoms with E-state index in [0.29, 0.717) is 18.1 Å². The molecule has 0 unspecified atom stereocenters. The zero-order valence-corrected chi connectivity index (χ0v) is 11.6. The van der Waals surface area contributed by atoms with Crippen molar-refractivity contribution < 1.29 is 9.90 Å². The largest absolute Gasteiger partial charge is 0.395 e. The van der Waals surface area contributed by atoms with E-state index in [9.17, 15) is 9.90 Å². The van der Waals surface area contributed by atoms with E-state index >= 15 is 0 Å². The Kier molecular flexibility index (Phi) is 5.31. The quantitative estimate of drug-likeness (QED) is 0.555. The number of nitrogens with two attached hydrogens (primary N) is 1. The van der Waals surface area contributed by atoms with Crippen LogP contribution in [0.15, 0.2) is 18.2 Å². The maximum absolute atomic E-state index is 12.6. The number of nitrogens with one attached hydrogen (secondary N) is 1. The summed E-state index contributed by atoms with van der Waals surface area (Å²) in [6.07, 6.45) is 5.50. The molecular formula is C14H22N4O2. The molecule has 2 rings (SSSR count). The Morgan fingerprint density at radius 1 is 1.40 bits per heavy atom. The Morgan fingerprint density at radius 2 is 2.15 bits per heavy atom. The normalized spacial score (nSPS) is 15.9. The van der Waals surface area contributed by atoms with E-state index in [4.69, 9.17) is 5.84 Å². The molecule has 1 heterocycles. The molecule has 1 fully saturated rings. The van der Waals surface area contributed by atoms with Crippen LogP contribution in [0.2, 0.25) is 0 Å². The van der Waals surface area contributed by atoms with Crippen LogP contribution in [0.1, 0.15) is 42.6 Å². The molecule has 6 heteroatoms. The Balaban J connectivity index is 2.16. The monoisotopic (exact) mass is 278 g/mol. The minimum atomic E-state index is -0.136. The summed E-state index contributed by atoms with van der Waals surface area (Å²) in [5, 5.41) is 9.22. The molecule has 110 valence electrons. The van der Waals surface area contributed by atoms with E-state index in [2.05, 4.69) is 10.4 Å². The number of hydrogen-bond acceptors (Lipinski definition) is 5. The molecule has 0 aliphatic heterocycles. The second kappa shape index (κ2) is 7.21. The van der Waals surface area contributed by atoms with Gasteiger partial charge in [-0.3, -0.25) is 4.79 Å². The lowest BCUT2D eigenvalue weighted by Gasteiger charge is -2.33. The van der Waals surface area contributed by atoms with E-state index in [-0.39, 0.29) is 18.6 Å². The van der Waals surface area contributed by atoms with Crippen LogP contribution in [-0.2, 0) is 0 Å². The molecule has 4 N–H and O–H groups in total. The van der Waals surface area contributed by atoms with E-state index in [0.717, 1.165) is 25.7 Å². The second-order valence-corrected chi connectivity index (χ2v) is 5.07. The number of hydrazine groups is 1. The summed E-state index contributed by atoms with van der Waals surface area (Å²) in [5.41, 5.74) is 2.80. The number of aromatic nitrogens is 1. The number of hydrogen-bond donors (Lipinski definition) is 3. The smallest absolute Gasteiger partial charge is 0.272 e. The van der Waals surface area contributed by atoms with E-state index in [1.54, 1.807) is 23.1 Å². The van der Waals surface area contributed by atoms with Crippen LogP contribution in [-0.4, -0.2) is 40.1 Å². The summed E-state index contributed by atoms with van der Waals surface area (Å²) in [4.78, 5) is 18.5. The highest BCUT2D eigenvalue weighted by atomic mass is 16.3. The maximum atomic E-state index is 12.6. The third-order valence-electron chi connectivity index (χ3n) is 3.73. The number of anilines is 1. The van der Waals surface area contributed by atoms with Gasteiger partial charge < -0.3 is 15.4 Å². The van der Waals surface area contributed by atoms with Crippen molar-refractivity contribution in [1.82, 2.24) is 9.88 Å². The molecule has 0 bridgehead atoms. The van der Waals surface area contributed by atoms with E-state index in [1.807, 2.05) is 0 Å². The molecule has 6 nitrogen and oxygen atoms in total. The number of pyridine rings is 1. The molecule has 0 atom stereocenters. The van der Waals surface area contributed by atoms with Gasteiger partial charge in [0.1, 0.15) is 11.5 Å². The minimum absolute atomic E-state index is 0.0307. The third kappa shape index (κ3) is 3.46.